The van der Waals surface area contributed by atoms with Crippen LogP contribution in [0.3, 0.4) is 0 Å². The minimum Gasteiger partial charge on any atom is -0.496 e. The Morgan fingerprint density at radius 2 is 1.77 bits per heavy atom. The summed E-state index contributed by atoms with van der Waals surface area (Å²) in [6, 6.07) is 9.36. The number of methoxy groups -OCH3 is 3. The van der Waals surface area contributed by atoms with E-state index >= 15 is 0 Å². The molecule has 1 N–H and O–H groups in total. The molecule has 0 saturated heterocycles. The summed E-state index contributed by atoms with van der Waals surface area (Å²) in [6.07, 6.45) is 2.84. The Labute approximate surface area is 150 Å². The predicted octanol–water partition coefficient (Wildman–Crippen LogP) is 3.27. The van der Waals surface area contributed by atoms with Gasteiger partial charge in [-0.1, -0.05) is 6.07 Å². The molecule has 0 unspecified atom stereocenters. The summed E-state index contributed by atoms with van der Waals surface area (Å²) in [6.45, 7) is 0. The average Bonchev–Trinajstić information content (AvgIpc) is 2.66. The van der Waals surface area contributed by atoms with Gasteiger partial charge in [0.05, 0.1) is 32.3 Å². The van der Waals surface area contributed by atoms with Crippen LogP contribution in [0.2, 0.25) is 0 Å². The van der Waals surface area contributed by atoms with E-state index < -0.39 is 10.8 Å². The second-order valence-corrected chi connectivity index (χ2v) is 5.08. The molecule has 0 spiro atoms. The third-order valence-corrected chi connectivity index (χ3v) is 3.49. The fourth-order valence-electron chi connectivity index (χ4n) is 2.20. The van der Waals surface area contributed by atoms with Crippen LogP contribution in [0.4, 0.5) is 11.4 Å². The Balaban J connectivity index is 2.16. The van der Waals surface area contributed by atoms with Crippen molar-refractivity contribution in [2.45, 2.75) is 0 Å². The second kappa shape index (κ2) is 8.52. The van der Waals surface area contributed by atoms with E-state index in [2.05, 4.69) is 5.32 Å². The number of rotatable bonds is 7. The lowest BCUT2D eigenvalue weighted by Gasteiger charge is -2.08. The Kier molecular flexibility index (Phi) is 6.15. The molecule has 2 rings (SSSR count). The van der Waals surface area contributed by atoms with Gasteiger partial charge >= 0.3 is 0 Å². The van der Waals surface area contributed by atoms with Gasteiger partial charge < -0.3 is 19.5 Å². The number of hydrogen-bond donors (Lipinski definition) is 1. The van der Waals surface area contributed by atoms with E-state index in [1.54, 1.807) is 24.3 Å². The van der Waals surface area contributed by atoms with E-state index in [0.717, 1.165) is 0 Å². The second-order valence-electron chi connectivity index (χ2n) is 5.08. The Morgan fingerprint density at radius 1 is 1.04 bits per heavy atom. The van der Waals surface area contributed by atoms with Crippen molar-refractivity contribution in [3.05, 3.63) is 58.2 Å². The number of nitro groups is 1. The number of carbonyl (C=O) groups excluding carboxylic acids is 1. The maximum absolute atomic E-state index is 12.1. The summed E-state index contributed by atoms with van der Waals surface area (Å²) in [5.41, 5.74) is 0.539. The van der Waals surface area contributed by atoms with Crippen molar-refractivity contribution in [1.29, 1.82) is 0 Å². The van der Waals surface area contributed by atoms with Crippen LogP contribution >= 0.6 is 0 Å². The highest BCUT2D eigenvalue weighted by atomic mass is 16.6. The number of anilines is 1. The van der Waals surface area contributed by atoms with Gasteiger partial charge in [0.2, 0.25) is 5.91 Å². The van der Waals surface area contributed by atoms with E-state index in [0.29, 0.717) is 22.8 Å². The topological polar surface area (TPSA) is 99.9 Å². The number of nitrogens with zero attached hydrogens (tertiary/aromatic N) is 1. The number of carbonyl (C=O) groups is 1. The largest absolute Gasteiger partial charge is 0.496 e. The van der Waals surface area contributed by atoms with Crippen LogP contribution in [0.25, 0.3) is 6.08 Å². The van der Waals surface area contributed by atoms with Gasteiger partial charge in [-0.15, -0.1) is 0 Å². The third-order valence-electron chi connectivity index (χ3n) is 3.49. The molecule has 0 bridgehead atoms. The highest BCUT2D eigenvalue weighted by Gasteiger charge is 2.16. The average molecular weight is 358 g/mol. The molecule has 0 aromatic heterocycles. The molecule has 0 aliphatic heterocycles. The van der Waals surface area contributed by atoms with Gasteiger partial charge in [-0.05, 0) is 35.9 Å². The number of hydrogen-bond acceptors (Lipinski definition) is 6. The van der Waals surface area contributed by atoms with Crippen molar-refractivity contribution in [3.63, 3.8) is 0 Å². The zero-order valence-electron chi connectivity index (χ0n) is 14.5. The highest BCUT2D eigenvalue weighted by molar-refractivity contribution is 6.03. The van der Waals surface area contributed by atoms with Crippen LogP contribution in [-0.2, 0) is 4.79 Å². The minimum atomic E-state index is -0.587. The van der Waals surface area contributed by atoms with Crippen LogP contribution in [0.1, 0.15) is 5.56 Å². The van der Waals surface area contributed by atoms with Crippen LogP contribution in [0.5, 0.6) is 17.2 Å². The van der Waals surface area contributed by atoms with Gasteiger partial charge in [-0.25, -0.2) is 0 Å². The van der Waals surface area contributed by atoms with Crippen LogP contribution in [0, 0.1) is 10.1 Å². The molecule has 1 amide bonds. The molecule has 0 fully saturated rings. The van der Waals surface area contributed by atoms with Crippen molar-refractivity contribution in [2.75, 3.05) is 26.6 Å². The fourth-order valence-corrected chi connectivity index (χ4v) is 2.20. The smallest absolute Gasteiger partial charge is 0.296 e. The molecule has 2 aromatic rings. The summed E-state index contributed by atoms with van der Waals surface area (Å²) >= 11 is 0. The van der Waals surface area contributed by atoms with Crippen LogP contribution in [-0.4, -0.2) is 32.2 Å². The van der Waals surface area contributed by atoms with Crippen molar-refractivity contribution in [3.8, 4) is 17.2 Å². The highest BCUT2D eigenvalue weighted by Crippen LogP contribution is 2.29. The first-order valence-corrected chi connectivity index (χ1v) is 7.52. The molecule has 0 radical (unpaired) electrons. The Hall–Kier alpha value is -3.55. The fraction of sp³-hybridized carbons (Fsp3) is 0.167. The summed E-state index contributed by atoms with van der Waals surface area (Å²) < 4.78 is 15.3. The number of ether oxygens (including phenoxy) is 3. The third kappa shape index (κ3) is 4.50. The number of nitrogens with one attached hydrogen (secondary N) is 1. The lowest BCUT2D eigenvalue weighted by Crippen LogP contribution is -2.09. The van der Waals surface area contributed by atoms with E-state index in [4.69, 9.17) is 14.2 Å². The summed E-state index contributed by atoms with van der Waals surface area (Å²) in [5.74, 6) is 0.924. The molecule has 0 aliphatic rings. The van der Waals surface area contributed by atoms with Crippen LogP contribution < -0.4 is 19.5 Å². The standard InChI is InChI=1S/C18H18N2O6/c1-24-13-6-7-14(15(11-13)20(22)23)19-18(21)9-5-12-4-8-16(25-2)17(10-12)26-3/h4-11H,1-3H3,(H,19,21). The zero-order valence-corrected chi connectivity index (χ0v) is 14.5. The molecule has 0 aliphatic carbocycles. The van der Waals surface area contributed by atoms with Crippen LogP contribution in [0.15, 0.2) is 42.5 Å². The van der Waals surface area contributed by atoms with Crippen molar-refractivity contribution in [1.82, 2.24) is 0 Å². The predicted molar refractivity (Wildman–Crippen MR) is 96.9 cm³/mol. The van der Waals surface area contributed by atoms with Gasteiger partial charge in [-0.2, -0.15) is 0 Å². The van der Waals surface area contributed by atoms with Crippen molar-refractivity contribution >= 4 is 23.4 Å². The van der Waals surface area contributed by atoms with E-state index in [1.807, 2.05) is 0 Å². The molecule has 26 heavy (non-hydrogen) atoms. The number of amides is 1. The number of nitro benzene ring substituents is 1. The lowest BCUT2D eigenvalue weighted by atomic mass is 10.2. The maximum Gasteiger partial charge on any atom is 0.296 e. The maximum atomic E-state index is 12.1. The van der Waals surface area contributed by atoms with Gasteiger partial charge in [0.25, 0.3) is 5.69 Å². The lowest BCUT2D eigenvalue weighted by molar-refractivity contribution is -0.384. The molecule has 2 aromatic carbocycles. The van der Waals surface area contributed by atoms with Crippen molar-refractivity contribution in [2.24, 2.45) is 0 Å². The van der Waals surface area contributed by atoms with E-state index in [-0.39, 0.29) is 11.4 Å². The molecule has 0 atom stereocenters. The van der Waals surface area contributed by atoms with Gasteiger partial charge in [0, 0.05) is 6.08 Å². The van der Waals surface area contributed by atoms with Crippen molar-refractivity contribution < 1.29 is 23.9 Å². The molecule has 8 nitrogen and oxygen atoms in total. The molecule has 8 heteroatoms. The summed E-state index contributed by atoms with van der Waals surface area (Å²) in [5, 5.41) is 13.6. The number of benzene rings is 2. The molecular weight excluding hydrogens is 340 g/mol. The summed E-state index contributed by atoms with van der Waals surface area (Å²) in [4.78, 5) is 22.6. The van der Waals surface area contributed by atoms with Gasteiger partial charge in [0.15, 0.2) is 11.5 Å². The molecule has 136 valence electrons. The SMILES string of the molecule is COc1ccc(NC(=O)C=Cc2ccc(OC)c(OC)c2)c([N+](=O)[O-])c1. The molecule has 0 saturated carbocycles. The Bertz CT molecular complexity index is 848. The van der Waals surface area contributed by atoms with E-state index in [1.165, 1.54) is 45.6 Å². The summed E-state index contributed by atoms with van der Waals surface area (Å²) in [7, 11) is 4.45. The van der Waals surface area contributed by atoms with E-state index in [9.17, 15) is 14.9 Å². The first-order valence-electron chi connectivity index (χ1n) is 7.52. The molecular formula is C18H18N2O6. The Morgan fingerprint density at radius 3 is 2.38 bits per heavy atom. The first kappa shape index (κ1) is 18.8. The molecule has 0 heterocycles. The zero-order chi connectivity index (χ0) is 19.1. The first-order chi connectivity index (χ1) is 12.5. The monoisotopic (exact) mass is 358 g/mol. The quantitative estimate of drug-likeness (QED) is 0.463. The van der Waals surface area contributed by atoms with Gasteiger partial charge in [0.1, 0.15) is 11.4 Å². The normalized spacial score (nSPS) is 10.4. The van der Waals surface area contributed by atoms with Gasteiger partial charge in [-0.3, -0.25) is 14.9 Å². The minimum absolute atomic E-state index is 0.0813.